The zero-order valence-corrected chi connectivity index (χ0v) is 22.0. The van der Waals surface area contributed by atoms with E-state index in [1.54, 1.807) is 11.8 Å². The van der Waals surface area contributed by atoms with E-state index in [0.29, 0.717) is 34.4 Å². The van der Waals surface area contributed by atoms with Crippen molar-refractivity contribution in [3.8, 4) is 0 Å². The lowest BCUT2D eigenvalue weighted by Crippen LogP contribution is -2.56. The molecule has 2 amide bonds. The van der Waals surface area contributed by atoms with Crippen molar-refractivity contribution in [2.24, 2.45) is 29.1 Å². The van der Waals surface area contributed by atoms with Crippen LogP contribution in [0.1, 0.15) is 51.9 Å². The van der Waals surface area contributed by atoms with E-state index in [1.165, 1.54) is 19.3 Å². The van der Waals surface area contributed by atoms with Gasteiger partial charge in [-0.25, -0.2) is 0 Å². The number of rotatable bonds is 5. The first kappa shape index (κ1) is 24.5. The molecule has 3 N–H and O–H groups in total. The van der Waals surface area contributed by atoms with Crippen molar-refractivity contribution >= 4 is 23.6 Å². The Labute approximate surface area is 213 Å². The fourth-order valence-electron chi connectivity index (χ4n) is 7.82. The number of thioether (sulfide) groups is 1. The van der Waals surface area contributed by atoms with E-state index in [-0.39, 0.29) is 35.4 Å². The van der Waals surface area contributed by atoms with Crippen LogP contribution < -0.4 is 16.0 Å². The molecular weight excluding hydrogens is 464 g/mol. The van der Waals surface area contributed by atoms with Gasteiger partial charge in [-0.3, -0.25) is 14.9 Å². The molecule has 6 rings (SSSR count). The van der Waals surface area contributed by atoms with Gasteiger partial charge in [0, 0.05) is 55.4 Å². The second-order valence-corrected chi connectivity index (χ2v) is 13.6. The average Bonchev–Trinajstić information content (AvgIpc) is 3.35. The van der Waals surface area contributed by atoms with Crippen LogP contribution in [0.5, 0.6) is 0 Å². The summed E-state index contributed by atoms with van der Waals surface area (Å²) >= 11 is 1.79. The second-order valence-electron chi connectivity index (χ2n) is 12.2. The molecule has 8 unspecified atom stereocenters. The third-order valence-electron chi connectivity index (χ3n) is 9.82. The highest BCUT2D eigenvalue weighted by Crippen LogP contribution is 2.51. The quantitative estimate of drug-likeness (QED) is 0.521. The van der Waals surface area contributed by atoms with Crippen molar-refractivity contribution in [3.05, 3.63) is 0 Å². The van der Waals surface area contributed by atoms with E-state index in [1.807, 2.05) is 7.11 Å². The summed E-state index contributed by atoms with van der Waals surface area (Å²) in [5, 5.41) is 10.8. The smallest absolute Gasteiger partial charge is 0.226 e. The van der Waals surface area contributed by atoms with Gasteiger partial charge in [-0.15, -0.1) is 11.8 Å². The fraction of sp³-hybridized carbons (Fsp3) is 0.923. The number of likely N-dealkylation sites (tertiary alicyclic amines) is 1. The Hall–Kier alpha value is -0.870. The van der Waals surface area contributed by atoms with Gasteiger partial charge in [-0.2, -0.15) is 0 Å². The Balaban J connectivity index is 1.02. The van der Waals surface area contributed by atoms with Crippen LogP contribution in [0, 0.1) is 29.1 Å². The maximum absolute atomic E-state index is 13.5. The number of methoxy groups -OCH3 is 1. The van der Waals surface area contributed by atoms with Gasteiger partial charge in [-0.1, -0.05) is 12.8 Å². The molecule has 6 fully saturated rings. The van der Waals surface area contributed by atoms with Gasteiger partial charge >= 0.3 is 0 Å². The van der Waals surface area contributed by atoms with E-state index in [0.717, 1.165) is 58.5 Å². The number of ether oxygens (including phenoxy) is 2. The minimum Gasteiger partial charge on any atom is -0.381 e. The molecule has 196 valence electrons. The van der Waals surface area contributed by atoms with E-state index in [4.69, 9.17) is 9.47 Å². The Bertz CT molecular complexity index is 803. The van der Waals surface area contributed by atoms with Crippen molar-refractivity contribution in [1.82, 2.24) is 20.9 Å². The third-order valence-corrected chi connectivity index (χ3v) is 11.2. The topological polar surface area (TPSA) is 91.9 Å². The molecule has 4 saturated heterocycles. The highest BCUT2D eigenvalue weighted by molar-refractivity contribution is 8.00. The van der Waals surface area contributed by atoms with E-state index in [9.17, 15) is 9.59 Å². The predicted molar refractivity (Wildman–Crippen MR) is 135 cm³/mol. The minimum absolute atomic E-state index is 0.0192. The maximum atomic E-state index is 13.5. The second kappa shape index (κ2) is 9.78. The molecule has 0 radical (unpaired) electrons. The summed E-state index contributed by atoms with van der Waals surface area (Å²) in [4.78, 5) is 28.5. The molecule has 9 heteroatoms. The van der Waals surface area contributed by atoms with Gasteiger partial charge < -0.3 is 25.0 Å². The van der Waals surface area contributed by atoms with Crippen LogP contribution in [0.3, 0.4) is 0 Å². The van der Waals surface area contributed by atoms with Crippen molar-refractivity contribution in [3.63, 3.8) is 0 Å². The normalized spacial score (nSPS) is 42.9. The molecule has 2 aliphatic carbocycles. The molecular formula is C26H42N4O4S. The number of nitrogens with zero attached hydrogens (tertiary/aromatic N) is 1. The number of nitrogens with one attached hydrogen (secondary N) is 3. The summed E-state index contributed by atoms with van der Waals surface area (Å²) in [6, 6.07) is 0.694. The number of piperidine rings is 1. The van der Waals surface area contributed by atoms with Gasteiger partial charge in [0.25, 0.3) is 0 Å². The van der Waals surface area contributed by atoms with Crippen LogP contribution in [0.15, 0.2) is 0 Å². The molecule has 4 heterocycles. The number of hydrogen-bond acceptors (Lipinski definition) is 7. The molecule has 35 heavy (non-hydrogen) atoms. The number of fused-ring (bicyclic) bond motifs is 1. The SMILES string of the molecule is COC1CCCCC1C1CC(C)NCC1C(=O)NC1NC2CN(C(=O)C3CC4(COC4)C3)CC2S1. The summed E-state index contributed by atoms with van der Waals surface area (Å²) < 4.78 is 11.2. The molecule has 2 saturated carbocycles. The first-order chi connectivity index (χ1) is 16.9. The molecule has 0 bridgehead atoms. The summed E-state index contributed by atoms with van der Waals surface area (Å²) in [6.07, 6.45) is 8.05. The van der Waals surface area contributed by atoms with Gasteiger partial charge in [0.05, 0.1) is 25.2 Å². The summed E-state index contributed by atoms with van der Waals surface area (Å²) in [6.45, 7) is 6.19. The molecule has 8 nitrogen and oxygen atoms in total. The molecule has 4 aliphatic heterocycles. The largest absolute Gasteiger partial charge is 0.381 e. The molecule has 0 aromatic carbocycles. The molecule has 6 aliphatic rings. The van der Waals surface area contributed by atoms with Crippen LogP contribution in [0.2, 0.25) is 0 Å². The van der Waals surface area contributed by atoms with Crippen LogP contribution in [0.25, 0.3) is 0 Å². The Kier molecular flexibility index (Phi) is 6.84. The molecule has 0 aromatic rings. The first-order valence-electron chi connectivity index (χ1n) is 13.8. The summed E-state index contributed by atoms with van der Waals surface area (Å²) in [7, 11) is 1.83. The fourth-order valence-corrected chi connectivity index (χ4v) is 9.23. The van der Waals surface area contributed by atoms with Crippen LogP contribution in [-0.4, -0.2) is 85.6 Å². The maximum Gasteiger partial charge on any atom is 0.226 e. The summed E-state index contributed by atoms with van der Waals surface area (Å²) in [5.74, 6) is 1.48. The van der Waals surface area contributed by atoms with Crippen molar-refractivity contribution in [2.45, 2.75) is 80.8 Å². The van der Waals surface area contributed by atoms with E-state index < -0.39 is 0 Å². The monoisotopic (exact) mass is 506 g/mol. The minimum atomic E-state index is -0.0709. The number of hydrogen-bond donors (Lipinski definition) is 3. The van der Waals surface area contributed by atoms with Crippen molar-refractivity contribution in [1.29, 1.82) is 0 Å². The Morgan fingerprint density at radius 2 is 1.94 bits per heavy atom. The van der Waals surface area contributed by atoms with Crippen LogP contribution in [0.4, 0.5) is 0 Å². The zero-order chi connectivity index (χ0) is 24.2. The van der Waals surface area contributed by atoms with Crippen LogP contribution >= 0.6 is 11.8 Å². The number of carbonyl (C=O) groups is 2. The summed E-state index contributed by atoms with van der Waals surface area (Å²) in [5.41, 5.74) is 0.251. The average molecular weight is 507 g/mol. The van der Waals surface area contributed by atoms with E-state index in [2.05, 4.69) is 27.8 Å². The third kappa shape index (κ3) is 4.65. The van der Waals surface area contributed by atoms with Gasteiger partial charge in [0.2, 0.25) is 11.8 Å². The van der Waals surface area contributed by atoms with Crippen molar-refractivity contribution < 1.29 is 19.1 Å². The highest BCUT2D eigenvalue weighted by Gasteiger charge is 2.54. The first-order valence-corrected chi connectivity index (χ1v) is 14.7. The van der Waals surface area contributed by atoms with E-state index >= 15 is 0 Å². The molecule has 0 aromatic heterocycles. The van der Waals surface area contributed by atoms with Gasteiger partial charge in [-0.05, 0) is 50.9 Å². The van der Waals surface area contributed by atoms with Crippen LogP contribution in [-0.2, 0) is 19.1 Å². The lowest BCUT2D eigenvalue weighted by atomic mass is 9.60. The zero-order valence-electron chi connectivity index (χ0n) is 21.2. The number of carbonyl (C=O) groups excluding carboxylic acids is 2. The Morgan fingerprint density at radius 1 is 1.14 bits per heavy atom. The van der Waals surface area contributed by atoms with Gasteiger partial charge in [0.1, 0.15) is 5.50 Å². The molecule has 1 spiro atoms. The van der Waals surface area contributed by atoms with Gasteiger partial charge in [0.15, 0.2) is 0 Å². The Morgan fingerprint density at radius 3 is 2.66 bits per heavy atom. The lowest BCUT2D eigenvalue weighted by Gasteiger charge is -2.53. The lowest BCUT2D eigenvalue weighted by molar-refractivity contribution is -0.188. The highest BCUT2D eigenvalue weighted by atomic mass is 32.2. The van der Waals surface area contributed by atoms with Crippen molar-refractivity contribution in [2.75, 3.05) is 40.0 Å². The number of amides is 2. The predicted octanol–water partition coefficient (Wildman–Crippen LogP) is 1.55. The molecule has 8 atom stereocenters. The standard InChI is InChI=1S/C26H42N4O4S/c1-15-7-18(17-5-3-4-6-21(17)33-2)19(10-27-15)23(31)29-25-28-20-11-30(12-22(20)35-25)24(32)16-8-26(9-16)13-34-14-26/h15-22,25,27-28H,3-14H2,1-2H3,(H,29,31).